The summed E-state index contributed by atoms with van der Waals surface area (Å²) in [6, 6.07) is 2.21. The Morgan fingerprint density at radius 2 is 2.20 bits per heavy atom. The highest BCUT2D eigenvalue weighted by Crippen LogP contribution is 2.34. The van der Waals surface area contributed by atoms with Gasteiger partial charge < -0.3 is 5.11 Å². The summed E-state index contributed by atoms with van der Waals surface area (Å²) in [5, 5.41) is 21.4. The molecular formula is C9H7NO4S. The second-order valence-electron chi connectivity index (χ2n) is 2.54. The molecule has 0 aliphatic carbocycles. The number of nitro benzene ring substituents is 1. The van der Waals surface area contributed by atoms with Crippen LogP contribution in [0.2, 0.25) is 0 Å². The van der Waals surface area contributed by atoms with Gasteiger partial charge in [-0.1, -0.05) is 18.3 Å². The Labute approximate surface area is 89.6 Å². The van der Waals surface area contributed by atoms with Crippen LogP contribution in [-0.2, 0) is 0 Å². The number of hydrogen-bond acceptors (Lipinski definition) is 5. The van der Waals surface area contributed by atoms with E-state index in [9.17, 15) is 20.0 Å². The lowest BCUT2D eigenvalue weighted by Crippen LogP contribution is -1.92. The molecule has 0 heterocycles. The maximum Gasteiger partial charge on any atom is 0.271 e. The Balaban J connectivity index is 3.37. The lowest BCUT2D eigenvalue weighted by Gasteiger charge is -2.03. The number of nitrogens with zero attached hydrogens (tertiary/aromatic N) is 1. The summed E-state index contributed by atoms with van der Waals surface area (Å²) in [7, 11) is 0. The standard InChI is InChI=1S/C9H7NO4S/c1-2-15-8-4-7(10(13)14)3-6(5-11)9(8)12/h2-5,12H,1H2. The van der Waals surface area contributed by atoms with Crippen LogP contribution in [0, 0.1) is 10.1 Å². The average Bonchev–Trinajstić information content (AvgIpc) is 2.21. The lowest BCUT2D eigenvalue weighted by atomic mass is 10.2. The molecule has 0 saturated heterocycles. The van der Waals surface area contributed by atoms with E-state index in [1.807, 2.05) is 0 Å². The van der Waals surface area contributed by atoms with Crippen molar-refractivity contribution >= 4 is 23.7 Å². The maximum atomic E-state index is 10.5. The Morgan fingerprint density at radius 3 is 2.67 bits per heavy atom. The van der Waals surface area contributed by atoms with Crippen molar-refractivity contribution < 1.29 is 14.8 Å². The van der Waals surface area contributed by atoms with Crippen molar-refractivity contribution in [1.82, 2.24) is 0 Å². The number of thioether (sulfide) groups is 1. The predicted molar refractivity (Wildman–Crippen MR) is 56.2 cm³/mol. The molecule has 0 fully saturated rings. The van der Waals surface area contributed by atoms with E-state index in [2.05, 4.69) is 6.58 Å². The molecule has 0 aliphatic rings. The van der Waals surface area contributed by atoms with Gasteiger partial charge in [-0.3, -0.25) is 14.9 Å². The molecule has 0 bridgehead atoms. The highest BCUT2D eigenvalue weighted by Gasteiger charge is 2.15. The summed E-state index contributed by atoms with van der Waals surface area (Å²) in [6.45, 7) is 3.42. The van der Waals surface area contributed by atoms with E-state index in [1.165, 1.54) is 11.5 Å². The molecule has 1 aromatic rings. The number of nitro groups is 1. The summed E-state index contributed by atoms with van der Waals surface area (Å²) >= 11 is 1.01. The third-order valence-electron chi connectivity index (χ3n) is 1.64. The first-order chi connectivity index (χ1) is 7.10. The zero-order valence-corrected chi connectivity index (χ0v) is 8.36. The van der Waals surface area contributed by atoms with E-state index < -0.39 is 4.92 Å². The van der Waals surface area contributed by atoms with Crippen LogP contribution in [0.5, 0.6) is 5.75 Å². The first-order valence-corrected chi connectivity index (χ1v) is 4.72. The van der Waals surface area contributed by atoms with Crippen LogP contribution in [0.25, 0.3) is 0 Å². The topological polar surface area (TPSA) is 80.4 Å². The molecule has 0 aliphatic heterocycles. The van der Waals surface area contributed by atoms with Crippen LogP contribution < -0.4 is 0 Å². The minimum atomic E-state index is -0.625. The average molecular weight is 225 g/mol. The van der Waals surface area contributed by atoms with Crippen molar-refractivity contribution in [2.45, 2.75) is 4.90 Å². The Morgan fingerprint density at radius 1 is 1.53 bits per heavy atom. The number of phenols is 1. The second-order valence-corrected chi connectivity index (χ2v) is 3.55. The van der Waals surface area contributed by atoms with Gasteiger partial charge in [0.15, 0.2) is 6.29 Å². The number of phenolic OH excluding ortho intramolecular Hbond substituents is 1. The zero-order valence-electron chi connectivity index (χ0n) is 7.54. The van der Waals surface area contributed by atoms with Gasteiger partial charge in [0.1, 0.15) is 5.75 Å². The normalized spacial score (nSPS) is 9.60. The van der Waals surface area contributed by atoms with Crippen molar-refractivity contribution in [2.24, 2.45) is 0 Å². The molecule has 0 saturated carbocycles. The molecule has 6 heteroatoms. The molecule has 0 amide bonds. The van der Waals surface area contributed by atoms with Gasteiger partial charge in [-0.15, -0.1) is 0 Å². The number of hydrogen-bond donors (Lipinski definition) is 1. The van der Waals surface area contributed by atoms with Crippen molar-refractivity contribution in [1.29, 1.82) is 0 Å². The van der Waals surface area contributed by atoms with Gasteiger partial charge in [0.05, 0.1) is 15.4 Å². The van der Waals surface area contributed by atoms with Crippen molar-refractivity contribution in [3.05, 3.63) is 39.8 Å². The number of benzene rings is 1. The summed E-state index contributed by atoms with van der Waals surface area (Å²) in [6.07, 6.45) is 0.371. The van der Waals surface area contributed by atoms with Gasteiger partial charge in [0.2, 0.25) is 0 Å². The first kappa shape index (κ1) is 11.3. The van der Waals surface area contributed by atoms with Crippen LogP contribution in [0.15, 0.2) is 29.0 Å². The summed E-state index contributed by atoms with van der Waals surface area (Å²) in [5.41, 5.74) is -0.340. The Bertz CT molecular complexity index is 430. The van der Waals surface area contributed by atoms with E-state index in [1.54, 1.807) is 0 Å². The summed E-state index contributed by atoms with van der Waals surface area (Å²) in [5.74, 6) is -0.263. The van der Waals surface area contributed by atoms with Gasteiger partial charge in [0.25, 0.3) is 5.69 Å². The van der Waals surface area contributed by atoms with E-state index in [0.717, 1.165) is 17.8 Å². The second kappa shape index (κ2) is 4.61. The van der Waals surface area contributed by atoms with Crippen molar-refractivity contribution in [2.75, 3.05) is 0 Å². The van der Waals surface area contributed by atoms with Crippen LogP contribution in [0.3, 0.4) is 0 Å². The smallest absolute Gasteiger partial charge is 0.271 e. The molecular weight excluding hydrogens is 218 g/mol. The van der Waals surface area contributed by atoms with Gasteiger partial charge in [0, 0.05) is 12.1 Å². The summed E-state index contributed by atoms with van der Waals surface area (Å²) < 4.78 is 0. The maximum absolute atomic E-state index is 10.5. The molecule has 15 heavy (non-hydrogen) atoms. The molecule has 5 nitrogen and oxygen atoms in total. The molecule has 1 rings (SSSR count). The predicted octanol–water partition coefficient (Wildman–Crippen LogP) is 2.35. The molecule has 0 unspecified atom stereocenters. The number of aldehydes is 1. The fourth-order valence-electron chi connectivity index (χ4n) is 0.989. The SMILES string of the molecule is C=CSc1cc([N+](=O)[O-])cc(C=O)c1O. The van der Waals surface area contributed by atoms with Gasteiger partial charge in [-0.2, -0.15) is 0 Å². The monoisotopic (exact) mass is 225 g/mol. The fraction of sp³-hybridized carbons (Fsp3) is 0. The van der Waals surface area contributed by atoms with Gasteiger partial charge in [-0.05, 0) is 5.41 Å². The number of carbonyl (C=O) groups is 1. The van der Waals surface area contributed by atoms with Gasteiger partial charge in [-0.25, -0.2) is 0 Å². The zero-order chi connectivity index (χ0) is 11.4. The Hall–Kier alpha value is -1.82. The van der Waals surface area contributed by atoms with Crippen molar-refractivity contribution in [3.63, 3.8) is 0 Å². The highest BCUT2D eigenvalue weighted by molar-refractivity contribution is 8.02. The van der Waals surface area contributed by atoms with E-state index >= 15 is 0 Å². The third-order valence-corrected chi connectivity index (χ3v) is 2.37. The van der Waals surface area contributed by atoms with Gasteiger partial charge >= 0.3 is 0 Å². The molecule has 78 valence electrons. The summed E-state index contributed by atoms with van der Waals surface area (Å²) in [4.78, 5) is 20.7. The molecule has 1 aromatic carbocycles. The first-order valence-electron chi connectivity index (χ1n) is 3.84. The van der Waals surface area contributed by atoms with Crippen molar-refractivity contribution in [3.8, 4) is 5.75 Å². The van der Waals surface area contributed by atoms with Crippen LogP contribution in [0.1, 0.15) is 10.4 Å². The number of non-ortho nitro benzene ring substituents is 1. The molecule has 1 N–H and O–H groups in total. The number of carbonyl (C=O) groups excluding carboxylic acids is 1. The quantitative estimate of drug-likeness (QED) is 0.368. The van der Waals surface area contributed by atoms with E-state index in [4.69, 9.17) is 0 Å². The third kappa shape index (κ3) is 2.35. The molecule has 0 spiro atoms. The van der Waals surface area contributed by atoms with Crippen LogP contribution >= 0.6 is 11.8 Å². The Kier molecular flexibility index (Phi) is 3.46. The fourth-order valence-corrected chi connectivity index (χ4v) is 1.59. The molecule has 0 radical (unpaired) electrons. The number of aromatic hydroxyl groups is 1. The molecule has 0 atom stereocenters. The van der Waals surface area contributed by atoms with Crippen LogP contribution in [0.4, 0.5) is 5.69 Å². The number of rotatable bonds is 4. The largest absolute Gasteiger partial charge is 0.506 e. The lowest BCUT2D eigenvalue weighted by molar-refractivity contribution is -0.385. The van der Waals surface area contributed by atoms with Crippen LogP contribution in [-0.4, -0.2) is 16.3 Å². The minimum absolute atomic E-state index is 0.103. The minimum Gasteiger partial charge on any atom is -0.506 e. The van der Waals surface area contributed by atoms with E-state index in [0.29, 0.717) is 6.29 Å². The van der Waals surface area contributed by atoms with E-state index in [-0.39, 0.29) is 21.9 Å². The highest BCUT2D eigenvalue weighted by atomic mass is 32.2. The molecule has 0 aromatic heterocycles.